The highest BCUT2D eigenvalue weighted by Gasteiger charge is 2.16. The smallest absolute Gasteiger partial charge is 0.139 e. The molecule has 3 nitrogen and oxygen atoms in total. The van der Waals surface area contributed by atoms with Gasteiger partial charge < -0.3 is 5.32 Å². The highest BCUT2D eigenvalue weighted by molar-refractivity contribution is 9.10. The van der Waals surface area contributed by atoms with Crippen LogP contribution in [-0.4, -0.2) is 9.97 Å². The Morgan fingerprint density at radius 1 is 1.21 bits per heavy atom. The van der Waals surface area contributed by atoms with Crippen LogP contribution in [-0.2, 0) is 18.8 Å². The number of halogens is 1. The number of aromatic nitrogens is 2. The van der Waals surface area contributed by atoms with Gasteiger partial charge in [0, 0.05) is 33.7 Å². The van der Waals surface area contributed by atoms with Crippen molar-refractivity contribution >= 4 is 27.7 Å². The van der Waals surface area contributed by atoms with E-state index in [2.05, 4.69) is 62.4 Å². The minimum Gasteiger partial charge on any atom is -0.307 e. The van der Waals surface area contributed by atoms with E-state index in [1.54, 1.807) is 11.8 Å². The zero-order valence-corrected chi connectivity index (χ0v) is 13.0. The van der Waals surface area contributed by atoms with Crippen molar-refractivity contribution < 1.29 is 0 Å². The number of thioether (sulfide) groups is 1. The van der Waals surface area contributed by atoms with Crippen molar-refractivity contribution in [1.29, 1.82) is 0 Å². The quantitative estimate of drug-likeness (QED) is 0.872. The first-order valence-electron chi connectivity index (χ1n) is 6.17. The summed E-state index contributed by atoms with van der Waals surface area (Å²) in [6, 6.07) is 8.33. The van der Waals surface area contributed by atoms with Crippen LogP contribution in [0.5, 0.6) is 0 Å². The van der Waals surface area contributed by atoms with Crippen molar-refractivity contribution in [2.75, 3.05) is 0 Å². The number of hydrogen-bond donors (Lipinski definition) is 1. The van der Waals surface area contributed by atoms with Gasteiger partial charge in [-0.2, -0.15) is 0 Å². The summed E-state index contributed by atoms with van der Waals surface area (Å²) in [6.07, 6.45) is 0. The summed E-state index contributed by atoms with van der Waals surface area (Å²) in [6.45, 7) is 3.84. The monoisotopic (exact) mass is 335 g/mol. The molecule has 0 saturated carbocycles. The highest BCUT2D eigenvalue weighted by atomic mass is 79.9. The Morgan fingerprint density at radius 2 is 2.00 bits per heavy atom. The number of aryl methyl sites for hydroxylation is 1. The van der Waals surface area contributed by atoms with E-state index in [0.717, 1.165) is 34.8 Å². The predicted molar refractivity (Wildman–Crippen MR) is 81.0 cm³/mol. The van der Waals surface area contributed by atoms with Gasteiger partial charge in [-0.05, 0) is 31.2 Å². The van der Waals surface area contributed by atoms with Crippen LogP contribution in [0, 0.1) is 6.92 Å². The molecule has 0 radical (unpaired) electrons. The predicted octanol–water partition coefficient (Wildman–Crippen LogP) is 3.44. The summed E-state index contributed by atoms with van der Waals surface area (Å²) in [5.74, 6) is 1.74. The van der Waals surface area contributed by atoms with E-state index in [1.165, 1.54) is 16.2 Å². The van der Waals surface area contributed by atoms with E-state index >= 15 is 0 Å². The van der Waals surface area contributed by atoms with Crippen molar-refractivity contribution in [1.82, 2.24) is 15.3 Å². The Morgan fingerprint density at radius 3 is 2.79 bits per heavy atom. The Bertz CT molecular complexity index is 598. The summed E-state index contributed by atoms with van der Waals surface area (Å²) in [5, 5.41) is 3.32. The maximum absolute atomic E-state index is 4.64. The van der Waals surface area contributed by atoms with Gasteiger partial charge >= 0.3 is 0 Å². The lowest BCUT2D eigenvalue weighted by molar-refractivity contribution is 0.756. The molecule has 98 valence electrons. The van der Waals surface area contributed by atoms with Gasteiger partial charge in [0.15, 0.2) is 0 Å². The highest BCUT2D eigenvalue weighted by Crippen LogP contribution is 2.24. The lowest BCUT2D eigenvalue weighted by atomic mass is 10.2. The molecule has 0 spiro atoms. The summed E-state index contributed by atoms with van der Waals surface area (Å²) in [4.78, 5) is 10.5. The van der Waals surface area contributed by atoms with E-state index < -0.39 is 0 Å². The molecule has 2 heterocycles. The molecule has 0 bridgehead atoms. The second kappa shape index (κ2) is 5.61. The van der Waals surface area contributed by atoms with Crippen molar-refractivity contribution in [2.24, 2.45) is 0 Å². The van der Waals surface area contributed by atoms with Crippen LogP contribution < -0.4 is 5.32 Å². The van der Waals surface area contributed by atoms with Gasteiger partial charge in [0.05, 0.1) is 11.4 Å². The molecule has 19 heavy (non-hydrogen) atoms. The molecule has 0 fully saturated rings. The van der Waals surface area contributed by atoms with Gasteiger partial charge in [0.1, 0.15) is 5.82 Å². The molecule has 1 aromatic carbocycles. The van der Waals surface area contributed by atoms with Crippen LogP contribution in [0.15, 0.2) is 33.6 Å². The van der Waals surface area contributed by atoms with Crippen molar-refractivity contribution in [3.05, 3.63) is 51.5 Å². The molecule has 0 saturated heterocycles. The van der Waals surface area contributed by atoms with Crippen molar-refractivity contribution in [2.45, 2.75) is 30.7 Å². The zero-order valence-electron chi connectivity index (χ0n) is 10.6. The minimum atomic E-state index is 0.815. The lowest BCUT2D eigenvalue weighted by Crippen LogP contribution is -2.02. The molecule has 1 aliphatic heterocycles. The SMILES string of the molecule is Cc1nc(CSc2ccc(Br)cc2)nc2c1CNC2. The van der Waals surface area contributed by atoms with E-state index in [-0.39, 0.29) is 0 Å². The molecule has 0 atom stereocenters. The second-order valence-corrected chi connectivity index (χ2v) is 6.46. The average molecular weight is 336 g/mol. The van der Waals surface area contributed by atoms with E-state index in [9.17, 15) is 0 Å². The first-order valence-corrected chi connectivity index (χ1v) is 7.94. The molecular weight excluding hydrogens is 322 g/mol. The molecule has 1 aromatic heterocycles. The third-order valence-electron chi connectivity index (χ3n) is 3.12. The van der Waals surface area contributed by atoms with E-state index in [4.69, 9.17) is 0 Å². The van der Waals surface area contributed by atoms with Crippen molar-refractivity contribution in [3.8, 4) is 0 Å². The third-order valence-corrected chi connectivity index (χ3v) is 4.66. The molecule has 1 N–H and O–H groups in total. The Labute approximate surface area is 125 Å². The van der Waals surface area contributed by atoms with Gasteiger partial charge in [-0.3, -0.25) is 0 Å². The van der Waals surface area contributed by atoms with Crippen molar-refractivity contribution in [3.63, 3.8) is 0 Å². The van der Waals surface area contributed by atoms with Gasteiger partial charge in [0.25, 0.3) is 0 Å². The van der Waals surface area contributed by atoms with Gasteiger partial charge in [-0.25, -0.2) is 9.97 Å². The fourth-order valence-corrected chi connectivity index (χ4v) is 3.16. The first kappa shape index (κ1) is 13.1. The van der Waals surface area contributed by atoms with Crippen LogP contribution >= 0.6 is 27.7 Å². The maximum atomic E-state index is 4.64. The van der Waals surface area contributed by atoms with E-state index in [1.807, 2.05) is 0 Å². The van der Waals surface area contributed by atoms with Crippen LogP contribution in [0.25, 0.3) is 0 Å². The summed E-state index contributed by atoms with van der Waals surface area (Å²) in [7, 11) is 0. The fourth-order valence-electron chi connectivity index (χ4n) is 2.14. The van der Waals surface area contributed by atoms with Crippen LogP contribution in [0.2, 0.25) is 0 Å². The van der Waals surface area contributed by atoms with Crippen LogP contribution in [0.3, 0.4) is 0 Å². The van der Waals surface area contributed by atoms with E-state index in [0.29, 0.717) is 0 Å². The normalized spacial score (nSPS) is 13.6. The molecular formula is C14H14BrN3S. The Balaban J connectivity index is 1.73. The standard InChI is InChI=1S/C14H14BrN3S/c1-9-12-6-16-7-13(12)18-14(17-9)8-19-11-4-2-10(15)3-5-11/h2-5,16H,6-8H2,1H3. The largest absolute Gasteiger partial charge is 0.307 e. The molecule has 3 rings (SSSR count). The summed E-state index contributed by atoms with van der Waals surface area (Å²) in [5.41, 5.74) is 3.55. The average Bonchev–Trinajstić information content (AvgIpc) is 2.87. The first-order chi connectivity index (χ1) is 9.22. The topological polar surface area (TPSA) is 37.8 Å². The number of rotatable bonds is 3. The number of hydrogen-bond acceptors (Lipinski definition) is 4. The number of nitrogens with one attached hydrogen (secondary N) is 1. The van der Waals surface area contributed by atoms with Crippen LogP contribution in [0.4, 0.5) is 0 Å². The van der Waals surface area contributed by atoms with Gasteiger partial charge in [-0.15, -0.1) is 11.8 Å². The lowest BCUT2D eigenvalue weighted by Gasteiger charge is -2.06. The van der Waals surface area contributed by atoms with Crippen LogP contribution in [0.1, 0.15) is 22.8 Å². The Kier molecular flexibility index (Phi) is 3.86. The molecule has 1 aliphatic rings. The third kappa shape index (κ3) is 2.99. The molecule has 0 amide bonds. The fraction of sp³-hybridized carbons (Fsp3) is 0.286. The Hall–Kier alpha value is -0.910. The summed E-state index contributed by atoms with van der Waals surface area (Å²) < 4.78 is 1.10. The second-order valence-electron chi connectivity index (χ2n) is 4.50. The zero-order chi connectivity index (χ0) is 13.2. The van der Waals surface area contributed by atoms with Gasteiger partial charge in [-0.1, -0.05) is 15.9 Å². The molecule has 2 aromatic rings. The number of benzene rings is 1. The maximum Gasteiger partial charge on any atom is 0.139 e. The molecule has 0 aliphatic carbocycles. The molecule has 5 heteroatoms. The minimum absolute atomic E-state index is 0.815. The molecule has 0 unspecified atom stereocenters. The summed E-state index contributed by atoms with van der Waals surface area (Å²) >= 11 is 5.21. The number of nitrogens with zero attached hydrogens (tertiary/aromatic N) is 2. The van der Waals surface area contributed by atoms with Gasteiger partial charge in [0.2, 0.25) is 0 Å². The number of fused-ring (bicyclic) bond motifs is 1.